The van der Waals surface area contributed by atoms with Crippen LogP contribution in [-0.4, -0.2) is 15.9 Å². The molecule has 3 N–H and O–H groups in total. The van der Waals surface area contributed by atoms with Crippen molar-refractivity contribution in [2.45, 2.75) is 13.5 Å². The number of carbonyl (C=O) groups is 1. The van der Waals surface area contributed by atoms with Gasteiger partial charge in [0.05, 0.1) is 5.56 Å². The molecule has 0 saturated carbocycles. The molecule has 0 aliphatic heterocycles. The summed E-state index contributed by atoms with van der Waals surface area (Å²) in [4.78, 5) is 20.5. The number of halogens is 1. The Kier molecular flexibility index (Phi) is 4.70. The first-order valence-electron chi connectivity index (χ1n) is 7.75. The first-order valence-corrected chi connectivity index (χ1v) is 7.75. The molecular formula is C19H17FN4O. The predicted octanol–water partition coefficient (Wildman–Crippen LogP) is 3.10. The van der Waals surface area contributed by atoms with Crippen LogP contribution in [0.2, 0.25) is 0 Å². The molecule has 0 fully saturated rings. The van der Waals surface area contributed by atoms with Crippen LogP contribution in [0.1, 0.15) is 21.5 Å². The van der Waals surface area contributed by atoms with Crippen molar-refractivity contribution in [2.24, 2.45) is 0 Å². The van der Waals surface area contributed by atoms with Gasteiger partial charge in [0.15, 0.2) is 5.82 Å². The Bertz CT molecular complexity index is 910. The van der Waals surface area contributed by atoms with Gasteiger partial charge in [0, 0.05) is 18.3 Å². The highest BCUT2D eigenvalue weighted by molar-refractivity contribution is 5.98. The molecule has 5 nitrogen and oxygen atoms in total. The summed E-state index contributed by atoms with van der Waals surface area (Å²) >= 11 is 0. The lowest BCUT2D eigenvalue weighted by Gasteiger charge is -2.08. The van der Waals surface area contributed by atoms with Crippen molar-refractivity contribution >= 4 is 11.7 Å². The van der Waals surface area contributed by atoms with Crippen LogP contribution < -0.4 is 11.1 Å². The Morgan fingerprint density at radius 2 is 1.96 bits per heavy atom. The molecule has 126 valence electrons. The van der Waals surface area contributed by atoms with Gasteiger partial charge in [0.1, 0.15) is 11.6 Å². The minimum atomic E-state index is -0.389. The third-order valence-electron chi connectivity index (χ3n) is 3.72. The molecule has 1 heterocycles. The molecule has 0 aliphatic rings. The maximum absolute atomic E-state index is 13.3. The van der Waals surface area contributed by atoms with Crippen molar-refractivity contribution in [2.75, 3.05) is 5.73 Å². The number of anilines is 1. The van der Waals surface area contributed by atoms with E-state index in [4.69, 9.17) is 5.73 Å². The van der Waals surface area contributed by atoms with Crippen LogP contribution in [0.25, 0.3) is 11.4 Å². The minimum Gasteiger partial charge on any atom is -0.383 e. The topological polar surface area (TPSA) is 80.9 Å². The summed E-state index contributed by atoms with van der Waals surface area (Å²) < 4.78 is 13.3. The molecule has 1 amide bonds. The van der Waals surface area contributed by atoms with Crippen LogP contribution >= 0.6 is 0 Å². The molecule has 0 aliphatic carbocycles. The smallest absolute Gasteiger partial charge is 0.256 e. The molecule has 2 aromatic carbocycles. The van der Waals surface area contributed by atoms with Gasteiger partial charge >= 0.3 is 0 Å². The predicted molar refractivity (Wildman–Crippen MR) is 94.2 cm³/mol. The van der Waals surface area contributed by atoms with Gasteiger partial charge in [-0.2, -0.15) is 0 Å². The van der Waals surface area contributed by atoms with Gasteiger partial charge in [0.25, 0.3) is 5.91 Å². The summed E-state index contributed by atoms with van der Waals surface area (Å²) in [6.07, 6.45) is 1.35. The van der Waals surface area contributed by atoms with Gasteiger partial charge in [0.2, 0.25) is 0 Å². The van der Waals surface area contributed by atoms with Crippen LogP contribution in [-0.2, 0) is 6.54 Å². The highest BCUT2D eigenvalue weighted by Crippen LogP contribution is 2.18. The number of aromatic nitrogens is 2. The molecule has 0 bridgehead atoms. The van der Waals surface area contributed by atoms with Gasteiger partial charge in [-0.25, -0.2) is 14.4 Å². The number of hydrogen-bond acceptors (Lipinski definition) is 4. The lowest BCUT2D eigenvalue weighted by Crippen LogP contribution is -2.24. The Labute approximate surface area is 144 Å². The average Bonchev–Trinajstić information content (AvgIpc) is 2.61. The maximum atomic E-state index is 13.3. The number of benzene rings is 2. The SMILES string of the molecule is Cc1ccc(CNC(=O)c2cnc(-c3cccc(F)c3)nc2N)cc1. The Hall–Kier alpha value is -3.28. The number of rotatable bonds is 4. The minimum absolute atomic E-state index is 0.0515. The lowest BCUT2D eigenvalue weighted by atomic mass is 10.1. The third kappa shape index (κ3) is 3.98. The number of nitrogens with zero attached hydrogens (tertiary/aromatic N) is 2. The van der Waals surface area contributed by atoms with Crippen LogP contribution in [0.15, 0.2) is 54.7 Å². The van der Waals surface area contributed by atoms with E-state index < -0.39 is 0 Å². The van der Waals surface area contributed by atoms with E-state index in [2.05, 4.69) is 15.3 Å². The summed E-state index contributed by atoms with van der Waals surface area (Å²) in [6.45, 7) is 2.38. The zero-order chi connectivity index (χ0) is 17.8. The zero-order valence-electron chi connectivity index (χ0n) is 13.7. The normalized spacial score (nSPS) is 10.5. The number of nitrogens with one attached hydrogen (secondary N) is 1. The van der Waals surface area contributed by atoms with E-state index in [1.165, 1.54) is 18.3 Å². The molecule has 25 heavy (non-hydrogen) atoms. The molecule has 3 rings (SSSR count). The molecule has 0 unspecified atom stereocenters. The van der Waals surface area contributed by atoms with Gasteiger partial charge in [-0.1, -0.05) is 42.0 Å². The summed E-state index contributed by atoms with van der Waals surface area (Å²) in [5.41, 5.74) is 8.70. The fraction of sp³-hybridized carbons (Fsp3) is 0.105. The van der Waals surface area contributed by atoms with Gasteiger partial charge in [-0.15, -0.1) is 0 Å². The Balaban J connectivity index is 1.74. The standard InChI is InChI=1S/C19H17FN4O/c1-12-5-7-13(8-6-12)10-23-19(25)16-11-22-18(24-17(16)21)14-3-2-4-15(20)9-14/h2-9,11H,10H2,1H3,(H,23,25)(H2,21,22,24). The molecule has 0 atom stereocenters. The molecular weight excluding hydrogens is 319 g/mol. The van der Waals surface area contributed by atoms with Crippen molar-refractivity contribution in [1.82, 2.24) is 15.3 Å². The third-order valence-corrected chi connectivity index (χ3v) is 3.72. The van der Waals surface area contributed by atoms with E-state index in [1.54, 1.807) is 12.1 Å². The van der Waals surface area contributed by atoms with Gasteiger partial charge in [-0.3, -0.25) is 4.79 Å². The van der Waals surface area contributed by atoms with E-state index >= 15 is 0 Å². The van der Waals surface area contributed by atoms with Crippen LogP contribution in [0.4, 0.5) is 10.2 Å². The van der Waals surface area contributed by atoms with Crippen LogP contribution in [0.5, 0.6) is 0 Å². The van der Waals surface area contributed by atoms with Crippen molar-refractivity contribution in [3.63, 3.8) is 0 Å². The number of nitrogen functional groups attached to an aromatic ring is 1. The highest BCUT2D eigenvalue weighted by atomic mass is 19.1. The van der Waals surface area contributed by atoms with Crippen molar-refractivity contribution < 1.29 is 9.18 Å². The van der Waals surface area contributed by atoms with Crippen molar-refractivity contribution in [1.29, 1.82) is 0 Å². The summed E-state index contributed by atoms with van der Waals surface area (Å²) in [7, 11) is 0. The number of amides is 1. The second-order valence-electron chi connectivity index (χ2n) is 5.67. The molecule has 0 radical (unpaired) electrons. The average molecular weight is 336 g/mol. The number of nitrogens with two attached hydrogens (primary N) is 1. The fourth-order valence-electron chi connectivity index (χ4n) is 2.32. The van der Waals surface area contributed by atoms with Crippen molar-refractivity contribution in [3.8, 4) is 11.4 Å². The first-order chi connectivity index (χ1) is 12.0. The summed E-state index contributed by atoms with van der Waals surface area (Å²) in [5.74, 6) is -0.425. The van der Waals surface area contributed by atoms with E-state index in [-0.39, 0.29) is 28.9 Å². The Morgan fingerprint density at radius 1 is 1.20 bits per heavy atom. The molecule has 0 spiro atoms. The van der Waals surface area contributed by atoms with Gasteiger partial charge in [-0.05, 0) is 24.6 Å². The summed E-state index contributed by atoms with van der Waals surface area (Å²) in [5, 5.41) is 2.78. The van der Waals surface area contributed by atoms with Crippen LogP contribution in [0.3, 0.4) is 0 Å². The van der Waals surface area contributed by atoms with Crippen molar-refractivity contribution in [3.05, 3.63) is 77.2 Å². The van der Waals surface area contributed by atoms with E-state index in [1.807, 2.05) is 31.2 Å². The second kappa shape index (κ2) is 7.09. The lowest BCUT2D eigenvalue weighted by molar-refractivity contribution is 0.0951. The highest BCUT2D eigenvalue weighted by Gasteiger charge is 2.13. The summed E-state index contributed by atoms with van der Waals surface area (Å²) in [6, 6.07) is 13.7. The van der Waals surface area contributed by atoms with E-state index in [0.29, 0.717) is 12.1 Å². The molecule has 3 aromatic rings. The van der Waals surface area contributed by atoms with E-state index in [0.717, 1.165) is 11.1 Å². The quantitative estimate of drug-likeness (QED) is 0.767. The van der Waals surface area contributed by atoms with Crippen LogP contribution in [0, 0.1) is 12.7 Å². The molecule has 1 aromatic heterocycles. The number of carbonyl (C=O) groups excluding carboxylic acids is 1. The maximum Gasteiger partial charge on any atom is 0.256 e. The Morgan fingerprint density at radius 3 is 2.64 bits per heavy atom. The number of hydrogen-bond donors (Lipinski definition) is 2. The molecule has 0 saturated heterocycles. The zero-order valence-corrected chi connectivity index (χ0v) is 13.7. The monoisotopic (exact) mass is 336 g/mol. The largest absolute Gasteiger partial charge is 0.383 e. The van der Waals surface area contributed by atoms with E-state index in [9.17, 15) is 9.18 Å². The molecule has 6 heteroatoms. The second-order valence-corrected chi connectivity index (χ2v) is 5.67. The van der Waals surface area contributed by atoms with Gasteiger partial charge < -0.3 is 11.1 Å². The number of aryl methyl sites for hydroxylation is 1. The first kappa shape index (κ1) is 16.6. The fourth-order valence-corrected chi connectivity index (χ4v) is 2.32.